The Labute approximate surface area is 109 Å². The van der Waals surface area contributed by atoms with Crippen molar-refractivity contribution in [1.29, 1.82) is 5.26 Å². The van der Waals surface area contributed by atoms with Crippen molar-refractivity contribution >= 4 is 33.3 Å². The normalized spacial score (nSPS) is 11.7. The van der Waals surface area contributed by atoms with E-state index >= 15 is 0 Å². The Morgan fingerprint density at radius 1 is 1.39 bits per heavy atom. The van der Waals surface area contributed by atoms with Crippen molar-refractivity contribution in [2.75, 3.05) is 5.75 Å². The number of fused-ring (bicyclic) bond motifs is 1. The minimum absolute atomic E-state index is 0.356. The number of nitriles is 1. The molecule has 2 rings (SSSR count). The van der Waals surface area contributed by atoms with Crippen LogP contribution in [0.5, 0.6) is 0 Å². The minimum Gasteiger partial charge on any atom is -0.230 e. The van der Waals surface area contributed by atoms with Crippen molar-refractivity contribution < 1.29 is 13.2 Å². The molecule has 0 bridgehead atoms. The molecule has 1 aromatic heterocycles. The van der Waals surface area contributed by atoms with Gasteiger partial charge in [-0.25, -0.2) is 4.98 Å². The molecule has 0 saturated heterocycles. The topological polar surface area (TPSA) is 36.7 Å². The maximum absolute atomic E-state index is 12.5. The summed E-state index contributed by atoms with van der Waals surface area (Å²) in [5.74, 6) is 0.600. The standard InChI is InChI=1S/C11H7F3N2S2/c12-11(13,14)7-2-3-9-8(6-7)16-10(18-9)17-5-1-4-15/h2-3,6H,1,5H2. The van der Waals surface area contributed by atoms with Crippen molar-refractivity contribution in [2.24, 2.45) is 0 Å². The van der Waals surface area contributed by atoms with Crippen LogP contribution in [0.25, 0.3) is 10.2 Å². The minimum atomic E-state index is -4.34. The second-order valence-electron chi connectivity index (χ2n) is 3.42. The summed E-state index contributed by atoms with van der Waals surface area (Å²) in [6.07, 6.45) is -3.94. The highest BCUT2D eigenvalue weighted by Gasteiger charge is 2.30. The number of aromatic nitrogens is 1. The summed E-state index contributed by atoms with van der Waals surface area (Å²) >= 11 is 2.73. The second kappa shape index (κ2) is 5.16. The number of benzene rings is 1. The molecule has 2 nitrogen and oxygen atoms in total. The van der Waals surface area contributed by atoms with Gasteiger partial charge < -0.3 is 0 Å². The predicted octanol–water partition coefficient (Wildman–Crippen LogP) is 4.32. The third kappa shape index (κ3) is 2.94. The zero-order valence-electron chi connectivity index (χ0n) is 8.99. The first-order valence-electron chi connectivity index (χ1n) is 4.98. The van der Waals surface area contributed by atoms with Crippen LogP contribution in [-0.4, -0.2) is 10.7 Å². The first kappa shape index (κ1) is 13.2. The van der Waals surface area contributed by atoms with Gasteiger partial charge in [0.2, 0.25) is 0 Å². The average molecular weight is 288 g/mol. The van der Waals surface area contributed by atoms with Crippen LogP contribution in [0.4, 0.5) is 13.2 Å². The van der Waals surface area contributed by atoms with E-state index in [1.54, 1.807) is 0 Å². The Morgan fingerprint density at radius 2 is 2.17 bits per heavy atom. The maximum atomic E-state index is 12.5. The molecule has 0 atom stereocenters. The van der Waals surface area contributed by atoms with Crippen molar-refractivity contribution in [3.63, 3.8) is 0 Å². The molecule has 0 aliphatic carbocycles. The summed E-state index contributed by atoms with van der Waals surface area (Å²) < 4.78 is 38.9. The molecular weight excluding hydrogens is 281 g/mol. The zero-order valence-corrected chi connectivity index (χ0v) is 10.6. The number of hydrogen-bond donors (Lipinski definition) is 0. The van der Waals surface area contributed by atoms with Gasteiger partial charge in [-0.3, -0.25) is 0 Å². The SMILES string of the molecule is N#CCCSc1nc2cc(C(F)(F)F)ccc2s1. The lowest BCUT2D eigenvalue weighted by molar-refractivity contribution is -0.137. The number of alkyl halides is 3. The van der Waals surface area contributed by atoms with Gasteiger partial charge in [-0.15, -0.1) is 11.3 Å². The molecule has 0 unspecified atom stereocenters. The van der Waals surface area contributed by atoms with E-state index in [9.17, 15) is 13.2 Å². The average Bonchev–Trinajstić information content (AvgIpc) is 2.69. The number of hydrogen-bond acceptors (Lipinski definition) is 4. The van der Waals surface area contributed by atoms with Gasteiger partial charge in [0.05, 0.1) is 21.8 Å². The van der Waals surface area contributed by atoms with Crippen LogP contribution in [0.3, 0.4) is 0 Å². The van der Waals surface area contributed by atoms with E-state index in [0.717, 1.165) is 16.8 Å². The van der Waals surface area contributed by atoms with Gasteiger partial charge in [0.1, 0.15) is 0 Å². The van der Waals surface area contributed by atoms with Gasteiger partial charge >= 0.3 is 6.18 Å². The molecule has 0 radical (unpaired) electrons. The molecule has 0 saturated carbocycles. The van der Waals surface area contributed by atoms with Crippen molar-refractivity contribution in [1.82, 2.24) is 4.98 Å². The predicted molar refractivity (Wildman–Crippen MR) is 65.6 cm³/mol. The molecule has 0 spiro atoms. The Balaban J connectivity index is 2.26. The third-order valence-corrected chi connectivity index (χ3v) is 4.32. The van der Waals surface area contributed by atoms with Crippen LogP contribution >= 0.6 is 23.1 Å². The Hall–Kier alpha value is -1.26. The highest BCUT2D eigenvalue weighted by Crippen LogP contribution is 2.35. The first-order valence-corrected chi connectivity index (χ1v) is 6.78. The van der Waals surface area contributed by atoms with Crippen LogP contribution in [0.2, 0.25) is 0 Å². The van der Waals surface area contributed by atoms with E-state index < -0.39 is 11.7 Å². The van der Waals surface area contributed by atoms with Crippen molar-refractivity contribution in [3.05, 3.63) is 23.8 Å². The molecule has 18 heavy (non-hydrogen) atoms. The smallest absolute Gasteiger partial charge is 0.230 e. The van der Waals surface area contributed by atoms with Crippen LogP contribution < -0.4 is 0 Å². The zero-order chi connectivity index (χ0) is 13.2. The van der Waals surface area contributed by atoms with Gasteiger partial charge in [-0.05, 0) is 18.2 Å². The number of nitrogens with zero attached hydrogens (tertiary/aromatic N) is 2. The Morgan fingerprint density at radius 3 is 2.83 bits per heavy atom. The summed E-state index contributed by atoms with van der Waals surface area (Å²) in [7, 11) is 0. The lowest BCUT2D eigenvalue weighted by atomic mass is 10.2. The molecule has 0 aliphatic heterocycles. The van der Waals surface area contributed by atoms with Gasteiger partial charge in [0.25, 0.3) is 0 Å². The summed E-state index contributed by atoms with van der Waals surface area (Å²) in [4.78, 5) is 4.13. The lowest BCUT2D eigenvalue weighted by Gasteiger charge is -2.04. The number of halogens is 3. The molecule has 94 valence electrons. The van der Waals surface area contributed by atoms with Crippen LogP contribution in [0, 0.1) is 11.3 Å². The first-order chi connectivity index (χ1) is 8.50. The quantitative estimate of drug-likeness (QED) is 0.623. The highest BCUT2D eigenvalue weighted by molar-refractivity contribution is 8.01. The molecular formula is C11H7F3N2S2. The molecule has 2 aromatic rings. The molecule has 0 aliphatic rings. The maximum Gasteiger partial charge on any atom is 0.416 e. The van der Waals surface area contributed by atoms with Crippen LogP contribution in [0.1, 0.15) is 12.0 Å². The van der Waals surface area contributed by atoms with E-state index in [2.05, 4.69) is 4.98 Å². The summed E-state index contributed by atoms with van der Waals surface area (Å²) in [5, 5.41) is 8.40. The third-order valence-electron chi connectivity index (χ3n) is 2.13. The second-order valence-corrected chi connectivity index (χ2v) is 5.79. The summed E-state index contributed by atoms with van der Waals surface area (Å²) in [5.41, 5.74) is -0.330. The van der Waals surface area contributed by atoms with E-state index in [0.29, 0.717) is 22.0 Å². The van der Waals surface area contributed by atoms with Gasteiger partial charge in [-0.1, -0.05) is 11.8 Å². The molecule has 7 heteroatoms. The van der Waals surface area contributed by atoms with Gasteiger partial charge in [0, 0.05) is 12.2 Å². The number of thiazole rings is 1. The fourth-order valence-electron chi connectivity index (χ4n) is 1.33. The van der Waals surface area contributed by atoms with Crippen molar-refractivity contribution in [3.8, 4) is 6.07 Å². The van der Waals surface area contributed by atoms with Crippen LogP contribution in [0.15, 0.2) is 22.5 Å². The lowest BCUT2D eigenvalue weighted by Crippen LogP contribution is -2.03. The highest BCUT2D eigenvalue weighted by atomic mass is 32.2. The van der Waals surface area contributed by atoms with Crippen LogP contribution in [-0.2, 0) is 6.18 Å². The van der Waals surface area contributed by atoms with Gasteiger partial charge in [0.15, 0.2) is 4.34 Å². The molecule has 1 aromatic carbocycles. The molecule has 0 N–H and O–H groups in total. The number of thioether (sulfide) groups is 1. The molecule has 0 fully saturated rings. The monoisotopic (exact) mass is 288 g/mol. The fraction of sp³-hybridized carbons (Fsp3) is 0.273. The number of rotatable bonds is 3. The summed E-state index contributed by atoms with van der Waals surface area (Å²) in [6, 6.07) is 5.56. The Kier molecular flexibility index (Phi) is 3.78. The van der Waals surface area contributed by atoms with Crippen molar-refractivity contribution in [2.45, 2.75) is 16.9 Å². The fourth-order valence-corrected chi connectivity index (χ4v) is 3.29. The molecule has 1 heterocycles. The van der Waals surface area contributed by atoms with E-state index in [-0.39, 0.29) is 0 Å². The molecule has 0 amide bonds. The Bertz CT molecular complexity index is 598. The van der Waals surface area contributed by atoms with E-state index in [1.807, 2.05) is 6.07 Å². The summed E-state index contributed by atoms with van der Waals surface area (Å²) in [6.45, 7) is 0. The van der Waals surface area contributed by atoms with E-state index in [4.69, 9.17) is 5.26 Å². The van der Waals surface area contributed by atoms with E-state index in [1.165, 1.54) is 29.2 Å². The largest absolute Gasteiger partial charge is 0.416 e. The van der Waals surface area contributed by atoms with Gasteiger partial charge in [-0.2, -0.15) is 18.4 Å².